The van der Waals surface area contributed by atoms with Crippen LogP contribution >= 0.6 is 23.2 Å². The Labute approximate surface area is 192 Å². The predicted octanol–water partition coefficient (Wildman–Crippen LogP) is 4.67. The highest BCUT2D eigenvalue weighted by molar-refractivity contribution is 6.31. The molecule has 4 N–H and O–H groups in total. The minimum Gasteiger partial charge on any atom is -0.382 e. The van der Waals surface area contributed by atoms with Crippen LogP contribution in [0.4, 0.5) is 10.2 Å². The third-order valence-corrected chi connectivity index (χ3v) is 5.83. The van der Waals surface area contributed by atoms with E-state index in [0.717, 1.165) is 22.2 Å². The number of fused-ring (bicyclic) bond motifs is 2. The number of nitrogens with two attached hydrogens (primary N) is 1. The van der Waals surface area contributed by atoms with Gasteiger partial charge in [-0.25, -0.2) is 19.3 Å². The van der Waals surface area contributed by atoms with Gasteiger partial charge in [0.05, 0.1) is 18.4 Å². The number of hydrogen-bond acceptors (Lipinski definition) is 5. The first kappa shape index (κ1) is 20.7. The molecule has 162 valence electrons. The predicted molar refractivity (Wildman–Crippen MR) is 124 cm³/mol. The van der Waals surface area contributed by atoms with Crippen LogP contribution in [0.25, 0.3) is 22.1 Å². The highest BCUT2D eigenvalue weighted by Crippen LogP contribution is 2.27. The fourth-order valence-electron chi connectivity index (χ4n) is 3.77. The molecule has 0 aliphatic rings. The molecule has 32 heavy (non-hydrogen) atoms. The van der Waals surface area contributed by atoms with Crippen molar-refractivity contribution in [3.05, 3.63) is 81.7 Å². The van der Waals surface area contributed by atoms with Crippen molar-refractivity contribution in [2.75, 3.05) is 5.73 Å². The van der Waals surface area contributed by atoms with Gasteiger partial charge < -0.3 is 20.6 Å². The molecule has 5 aromatic rings. The average molecular weight is 470 g/mol. The maximum Gasteiger partial charge on any atom is 0.165 e. The van der Waals surface area contributed by atoms with E-state index in [9.17, 15) is 4.39 Å². The second-order valence-corrected chi connectivity index (χ2v) is 8.31. The Bertz CT molecular complexity index is 1440. The average Bonchev–Trinajstić information content (AvgIpc) is 3.35. The zero-order valence-corrected chi connectivity index (χ0v) is 18.3. The fraction of sp³-hybridized carbons (Fsp3) is 0.136. The van der Waals surface area contributed by atoms with Crippen LogP contribution in [0.3, 0.4) is 0 Å². The molecule has 0 atom stereocenters. The summed E-state index contributed by atoms with van der Waals surface area (Å²) in [5.41, 5.74) is 10.8. The number of hydrogen-bond donors (Lipinski definition) is 3. The van der Waals surface area contributed by atoms with E-state index in [-0.39, 0.29) is 5.82 Å². The molecule has 0 aliphatic heterocycles. The Kier molecular flexibility index (Phi) is 5.42. The largest absolute Gasteiger partial charge is 0.382 e. The van der Waals surface area contributed by atoms with Crippen molar-refractivity contribution in [2.24, 2.45) is 0 Å². The van der Waals surface area contributed by atoms with Crippen LogP contribution in [-0.2, 0) is 19.6 Å². The summed E-state index contributed by atoms with van der Waals surface area (Å²) in [7, 11) is 0. The molecule has 0 radical (unpaired) electrons. The van der Waals surface area contributed by atoms with E-state index < -0.39 is 0 Å². The van der Waals surface area contributed by atoms with E-state index in [4.69, 9.17) is 28.9 Å². The lowest BCUT2D eigenvalue weighted by atomic mass is 10.1. The van der Waals surface area contributed by atoms with Gasteiger partial charge in [-0.15, -0.1) is 0 Å². The molecule has 0 bridgehead atoms. The van der Waals surface area contributed by atoms with Crippen molar-refractivity contribution < 1.29 is 4.39 Å². The normalized spacial score (nSPS) is 11.6. The Morgan fingerprint density at radius 1 is 1.03 bits per heavy atom. The quantitative estimate of drug-likeness (QED) is 0.335. The number of benzene rings is 2. The van der Waals surface area contributed by atoms with Crippen LogP contribution in [0.1, 0.15) is 16.8 Å². The Morgan fingerprint density at radius 2 is 1.91 bits per heavy atom. The summed E-state index contributed by atoms with van der Waals surface area (Å²) in [4.78, 5) is 16.1. The maximum atomic E-state index is 13.5. The van der Waals surface area contributed by atoms with Gasteiger partial charge in [-0.05, 0) is 47.5 Å². The summed E-state index contributed by atoms with van der Waals surface area (Å²) in [6.45, 7) is 1.51. The van der Waals surface area contributed by atoms with Gasteiger partial charge in [0.15, 0.2) is 11.5 Å². The molecule has 3 heterocycles. The van der Waals surface area contributed by atoms with Crippen molar-refractivity contribution in [1.29, 1.82) is 0 Å². The summed E-state index contributed by atoms with van der Waals surface area (Å²) in [5.74, 6) is 0.0341. The number of imidazole rings is 1. The van der Waals surface area contributed by atoms with E-state index in [1.54, 1.807) is 12.4 Å². The first-order valence-electron chi connectivity index (χ1n) is 9.84. The van der Waals surface area contributed by atoms with Crippen LogP contribution in [0, 0.1) is 5.82 Å². The number of rotatable bonds is 6. The molecular weight excluding hydrogens is 452 g/mol. The first-order chi connectivity index (χ1) is 15.5. The van der Waals surface area contributed by atoms with E-state index >= 15 is 0 Å². The van der Waals surface area contributed by atoms with Gasteiger partial charge in [0.25, 0.3) is 0 Å². The van der Waals surface area contributed by atoms with E-state index in [1.165, 1.54) is 18.5 Å². The molecule has 2 aromatic carbocycles. The summed E-state index contributed by atoms with van der Waals surface area (Å²) >= 11 is 12.5. The Balaban J connectivity index is 1.39. The van der Waals surface area contributed by atoms with Crippen molar-refractivity contribution in [3.8, 4) is 0 Å². The second-order valence-electron chi connectivity index (χ2n) is 7.47. The number of aromatic nitrogens is 5. The lowest BCUT2D eigenvalue weighted by Crippen LogP contribution is -2.13. The molecule has 3 aromatic heterocycles. The van der Waals surface area contributed by atoms with Crippen molar-refractivity contribution >= 4 is 51.1 Å². The highest BCUT2D eigenvalue weighted by atomic mass is 35.5. The molecule has 0 unspecified atom stereocenters. The summed E-state index contributed by atoms with van der Waals surface area (Å²) in [6, 6.07) is 10.2. The maximum absolute atomic E-state index is 13.5. The number of halogens is 3. The van der Waals surface area contributed by atoms with E-state index in [1.807, 2.05) is 22.8 Å². The van der Waals surface area contributed by atoms with Gasteiger partial charge in [-0.2, -0.15) is 0 Å². The van der Waals surface area contributed by atoms with Crippen LogP contribution in [0.5, 0.6) is 0 Å². The topological polar surface area (TPSA) is 97.4 Å². The zero-order valence-electron chi connectivity index (χ0n) is 16.7. The minimum atomic E-state index is -0.310. The Morgan fingerprint density at radius 3 is 2.78 bits per heavy atom. The Hall–Kier alpha value is -3.20. The van der Waals surface area contributed by atoms with Gasteiger partial charge in [0.2, 0.25) is 0 Å². The summed E-state index contributed by atoms with van der Waals surface area (Å²) in [6.07, 6.45) is 3.11. The smallest absolute Gasteiger partial charge is 0.165 e. The number of nitrogen functional groups attached to an aromatic ring is 1. The first-order valence-corrected chi connectivity index (χ1v) is 10.6. The van der Waals surface area contributed by atoms with Crippen LogP contribution < -0.4 is 11.1 Å². The van der Waals surface area contributed by atoms with Crippen molar-refractivity contribution in [1.82, 2.24) is 29.8 Å². The van der Waals surface area contributed by atoms with Gasteiger partial charge in [-0.1, -0.05) is 23.2 Å². The van der Waals surface area contributed by atoms with Crippen molar-refractivity contribution in [3.63, 3.8) is 0 Å². The molecule has 0 spiro atoms. The SMILES string of the molecule is Nc1ncnc2c1ncn2Cc1cc(Cl)cc2cc(CNCc3cc(F)ccc3Cl)[nH]c12. The highest BCUT2D eigenvalue weighted by Gasteiger charge is 2.12. The third kappa shape index (κ3) is 4.00. The molecule has 0 aliphatic carbocycles. The lowest BCUT2D eigenvalue weighted by Gasteiger charge is -2.07. The third-order valence-electron chi connectivity index (χ3n) is 5.24. The number of nitrogens with zero attached hydrogens (tertiary/aromatic N) is 4. The molecule has 7 nitrogen and oxygen atoms in total. The number of H-pyrrole nitrogens is 1. The van der Waals surface area contributed by atoms with E-state index in [2.05, 4.69) is 25.3 Å². The minimum absolute atomic E-state index is 0.310. The zero-order chi connectivity index (χ0) is 22.2. The van der Waals surface area contributed by atoms with Gasteiger partial charge in [-0.3, -0.25) is 0 Å². The number of anilines is 1. The van der Waals surface area contributed by atoms with Crippen LogP contribution in [0.15, 0.2) is 49.1 Å². The molecule has 0 saturated heterocycles. The number of nitrogens with one attached hydrogen (secondary N) is 2. The number of aromatic amines is 1. The molecule has 0 saturated carbocycles. The standard InChI is InChI=1S/C22H18Cl2FN7/c23-15-3-12-6-17(8-27-7-13-5-16(25)1-2-18(13)24)31-19(12)14(4-15)9-32-11-30-20-21(26)28-10-29-22(20)32/h1-6,10-11,27,31H,7-9H2,(H2,26,28,29). The molecule has 10 heteroatoms. The van der Waals surface area contributed by atoms with Gasteiger partial charge in [0, 0.05) is 34.2 Å². The molecule has 5 rings (SSSR count). The summed E-state index contributed by atoms with van der Waals surface area (Å²) in [5, 5.41) is 5.45. The molecule has 0 fully saturated rings. The van der Waals surface area contributed by atoms with Crippen molar-refractivity contribution in [2.45, 2.75) is 19.6 Å². The summed E-state index contributed by atoms with van der Waals surface area (Å²) < 4.78 is 15.4. The van der Waals surface area contributed by atoms with Crippen LogP contribution in [-0.4, -0.2) is 24.5 Å². The lowest BCUT2D eigenvalue weighted by molar-refractivity contribution is 0.619. The monoisotopic (exact) mass is 469 g/mol. The van der Waals surface area contributed by atoms with Gasteiger partial charge >= 0.3 is 0 Å². The van der Waals surface area contributed by atoms with Gasteiger partial charge in [0.1, 0.15) is 17.7 Å². The second kappa shape index (κ2) is 8.38. The molecule has 0 amide bonds. The van der Waals surface area contributed by atoms with Crippen LogP contribution in [0.2, 0.25) is 10.0 Å². The fourth-order valence-corrected chi connectivity index (χ4v) is 4.20. The van der Waals surface area contributed by atoms with E-state index in [0.29, 0.717) is 52.2 Å². The molecular formula is C22H18Cl2FN7.